The van der Waals surface area contributed by atoms with Crippen molar-refractivity contribution in [2.75, 3.05) is 5.75 Å². The van der Waals surface area contributed by atoms with E-state index in [1.807, 2.05) is 18.6 Å². The van der Waals surface area contributed by atoms with E-state index in [9.17, 15) is 0 Å². The van der Waals surface area contributed by atoms with Gasteiger partial charge in [0.15, 0.2) is 0 Å². The zero-order valence-corrected chi connectivity index (χ0v) is 11.3. The van der Waals surface area contributed by atoms with Gasteiger partial charge in [0.05, 0.1) is 23.0 Å². The van der Waals surface area contributed by atoms with Crippen molar-refractivity contribution in [2.45, 2.75) is 17.9 Å². The van der Waals surface area contributed by atoms with E-state index in [1.54, 1.807) is 30.1 Å². The second-order valence-corrected chi connectivity index (χ2v) is 5.30. The molecule has 0 spiro atoms. The van der Waals surface area contributed by atoms with Crippen LogP contribution >= 0.6 is 23.4 Å². The molecule has 18 heavy (non-hydrogen) atoms. The van der Waals surface area contributed by atoms with Crippen molar-refractivity contribution in [2.24, 2.45) is 0 Å². The number of aromatic nitrogens is 2. The lowest BCUT2D eigenvalue weighted by atomic mass is 10.2. The van der Waals surface area contributed by atoms with Gasteiger partial charge < -0.3 is 4.57 Å². The number of thioether (sulfide) groups is 1. The lowest BCUT2D eigenvalue weighted by Crippen LogP contribution is -1.95. The van der Waals surface area contributed by atoms with E-state index < -0.39 is 0 Å². The Balaban J connectivity index is 1.82. The van der Waals surface area contributed by atoms with Gasteiger partial charge in [-0.2, -0.15) is 5.26 Å². The lowest BCUT2D eigenvalue weighted by Gasteiger charge is -2.05. The maximum Gasteiger partial charge on any atom is 0.0992 e. The van der Waals surface area contributed by atoms with Gasteiger partial charge in [0.2, 0.25) is 0 Å². The van der Waals surface area contributed by atoms with Gasteiger partial charge in [-0.15, -0.1) is 11.8 Å². The topological polar surface area (TPSA) is 41.6 Å². The van der Waals surface area contributed by atoms with Gasteiger partial charge in [0.25, 0.3) is 0 Å². The average molecular weight is 278 g/mol. The number of halogens is 1. The summed E-state index contributed by atoms with van der Waals surface area (Å²) in [6, 6.07) is 7.49. The average Bonchev–Trinajstić information content (AvgIpc) is 2.89. The van der Waals surface area contributed by atoms with E-state index in [2.05, 4.69) is 15.6 Å². The van der Waals surface area contributed by atoms with E-state index in [-0.39, 0.29) is 0 Å². The van der Waals surface area contributed by atoms with Crippen LogP contribution in [0.5, 0.6) is 0 Å². The third kappa shape index (κ3) is 3.52. The minimum atomic E-state index is 0.600. The first-order valence-electron chi connectivity index (χ1n) is 5.58. The van der Waals surface area contributed by atoms with Crippen molar-refractivity contribution in [1.29, 1.82) is 5.26 Å². The molecule has 0 aliphatic rings. The maximum atomic E-state index is 8.75. The van der Waals surface area contributed by atoms with Crippen LogP contribution in [0.2, 0.25) is 5.02 Å². The summed E-state index contributed by atoms with van der Waals surface area (Å²) in [6.45, 7) is 0.959. The molecule has 1 heterocycles. The van der Waals surface area contributed by atoms with E-state index in [1.165, 1.54) is 0 Å². The molecule has 0 N–H and O–H groups in total. The van der Waals surface area contributed by atoms with Crippen LogP contribution in [0.15, 0.2) is 41.8 Å². The van der Waals surface area contributed by atoms with E-state index >= 15 is 0 Å². The fourth-order valence-corrected chi connectivity index (χ4v) is 2.73. The first kappa shape index (κ1) is 13.0. The van der Waals surface area contributed by atoms with Crippen LogP contribution in [0.3, 0.4) is 0 Å². The summed E-state index contributed by atoms with van der Waals surface area (Å²) in [5.41, 5.74) is 0.600. The highest BCUT2D eigenvalue weighted by Crippen LogP contribution is 2.28. The lowest BCUT2D eigenvalue weighted by molar-refractivity contribution is 0.683. The van der Waals surface area contributed by atoms with Gasteiger partial charge in [0, 0.05) is 23.8 Å². The Morgan fingerprint density at radius 3 is 3.00 bits per heavy atom. The molecule has 0 aliphatic heterocycles. The van der Waals surface area contributed by atoms with Crippen LogP contribution in [0.25, 0.3) is 0 Å². The molecule has 5 heteroatoms. The number of imidazole rings is 1. The van der Waals surface area contributed by atoms with Gasteiger partial charge >= 0.3 is 0 Å². The van der Waals surface area contributed by atoms with Crippen molar-refractivity contribution in [1.82, 2.24) is 9.55 Å². The first-order valence-corrected chi connectivity index (χ1v) is 6.94. The monoisotopic (exact) mass is 277 g/mol. The van der Waals surface area contributed by atoms with Crippen LogP contribution in [-0.2, 0) is 6.54 Å². The normalized spacial score (nSPS) is 10.2. The molecule has 0 atom stereocenters. The predicted molar refractivity (Wildman–Crippen MR) is 73.7 cm³/mol. The molecule has 0 saturated carbocycles. The number of rotatable bonds is 5. The largest absolute Gasteiger partial charge is 0.337 e. The van der Waals surface area contributed by atoms with Gasteiger partial charge in [-0.05, 0) is 30.4 Å². The summed E-state index contributed by atoms with van der Waals surface area (Å²) < 4.78 is 2.06. The molecule has 0 saturated heterocycles. The van der Waals surface area contributed by atoms with Crippen molar-refractivity contribution in [3.63, 3.8) is 0 Å². The Hall–Kier alpha value is -1.44. The Morgan fingerprint density at radius 2 is 2.33 bits per heavy atom. The minimum Gasteiger partial charge on any atom is -0.337 e. The Kier molecular flexibility index (Phi) is 4.68. The molecule has 1 aromatic carbocycles. The minimum absolute atomic E-state index is 0.600. The molecule has 92 valence electrons. The number of nitriles is 1. The standard InChI is InChI=1S/C13H12ClN3S/c14-12-8-11(9-15)2-3-13(12)18-7-1-5-17-6-4-16-10-17/h2-4,6,8,10H,1,5,7H2. The number of hydrogen-bond acceptors (Lipinski definition) is 3. The quantitative estimate of drug-likeness (QED) is 0.619. The summed E-state index contributed by atoms with van der Waals surface area (Å²) in [4.78, 5) is 5.03. The van der Waals surface area contributed by atoms with E-state index in [0.29, 0.717) is 10.6 Å². The second kappa shape index (κ2) is 6.48. The molecule has 0 amide bonds. The number of aryl methyl sites for hydroxylation is 1. The molecule has 3 nitrogen and oxygen atoms in total. The number of nitrogens with zero attached hydrogens (tertiary/aromatic N) is 3. The zero-order chi connectivity index (χ0) is 12.8. The van der Waals surface area contributed by atoms with Crippen LogP contribution in [0.4, 0.5) is 0 Å². The van der Waals surface area contributed by atoms with E-state index in [0.717, 1.165) is 23.6 Å². The Labute approximate surface area is 115 Å². The maximum absolute atomic E-state index is 8.75. The summed E-state index contributed by atoms with van der Waals surface area (Å²) in [5, 5.41) is 9.40. The molecule has 2 aromatic rings. The molecule has 0 unspecified atom stereocenters. The summed E-state index contributed by atoms with van der Waals surface area (Å²) in [6.07, 6.45) is 6.61. The van der Waals surface area contributed by atoms with Crippen LogP contribution in [0, 0.1) is 11.3 Å². The molecular weight excluding hydrogens is 266 g/mol. The highest BCUT2D eigenvalue weighted by Gasteiger charge is 2.02. The third-order valence-corrected chi connectivity index (χ3v) is 4.02. The molecule has 0 radical (unpaired) electrons. The molecule has 0 aliphatic carbocycles. The van der Waals surface area contributed by atoms with Crippen molar-refractivity contribution in [3.8, 4) is 6.07 Å². The molecule has 0 fully saturated rings. The molecule has 1 aromatic heterocycles. The van der Waals surface area contributed by atoms with Crippen LogP contribution < -0.4 is 0 Å². The van der Waals surface area contributed by atoms with Crippen LogP contribution in [0.1, 0.15) is 12.0 Å². The molecule has 0 bridgehead atoms. The zero-order valence-electron chi connectivity index (χ0n) is 9.71. The van der Waals surface area contributed by atoms with Crippen molar-refractivity contribution < 1.29 is 0 Å². The SMILES string of the molecule is N#Cc1ccc(SCCCn2ccnc2)c(Cl)c1. The Bertz CT molecular complexity index is 546. The summed E-state index contributed by atoms with van der Waals surface area (Å²) >= 11 is 7.81. The predicted octanol–water partition coefficient (Wildman–Crippen LogP) is 3.59. The van der Waals surface area contributed by atoms with Crippen LogP contribution in [-0.4, -0.2) is 15.3 Å². The fraction of sp³-hybridized carbons (Fsp3) is 0.231. The molecular formula is C13H12ClN3S. The molecule has 2 rings (SSSR count). The summed E-state index contributed by atoms with van der Waals surface area (Å²) in [5.74, 6) is 0.990. The number of hydrogen-bond donors (Lipinski definition) is 0. The second-order valence-electron chi connectivity index (χ2n) is 3.76. The van der Waals surface area contributed by atoms with Gasteiger partial charge in [-0.3, -0.25) is 0 Å². The highest BCUT2D eigenvalue weighted by atomic mass is 35.5. The first-order chi connectivity index (χ1) is 8.79. The fourth-order valence-electron chi connectivity index (χ4n) is 1.54. The van der Waals surface area contributed by atoms with Crippen molar-refractivity contribution in [3.05, 3.63) is 47.5 Å². The highest BCUT2D eigenvalue weighted by molar-refractivity contribution is 7.99. The van der Waals surface area contributed by atoms with Gasteiger partial charge in [-0.25, -0.2) is 4.98 Å². The summed E-state index contributed by atoms with van der Waals surface area (Å²) in [7, 11) is 0. The van der Waals surface area contributed by atoms with Gasteiger partial charge in [-0.1, -0.05) is 11.6 Å². The van der Waals surface area contributed by atoms with Crippen molar-refractivity contribution >= 4 is 23.4 Å². The smallest absolute Gasteiger partial charge is 0.0992 e. The number of benzene rings is 1. The third-order valence-electron chi connectivity index (χ3n) is 2.44. The Morgan fingerprint density at radius 1 is 1.44 bits per heavy atom. The van der Waals surface area contributed by atoms with E-state index in [4.69, 9.17) is 16.9 Å². The van der Waals surface area contributed by atoms with Gasteiger partial charge in [0.1, 0.15) is 0 Å².